The number of hydrogen-bond donors (Lipinski definition) is 0. The molecule has 0 saturated carbocycles. The third kappa shape index (κ3) is 5.23. The highest BCUT2D eigenvalue weighted by Crippen LogP contribution is 2.21. The van der Waals surface area contributed by atoms with E-state index in [0.29, 0.717) is 6.61 Å². The van der Waals surface area contributed by atoms with Gasteiger partial charge in [-0.2, -0.15) is 5.26 Å². The third-order valence-corrected chi connectivity index (χ3v) is 2.98. The van der Waals surface area contributed by atoms with Crippen molar-refractivity contribution < 1.29 is 4.74 Å². The first-order valence-corrected chi connectivity index (χ1v) is 6.70. The lowest BCUT2D eigenvalue weighted by atomic mass is 9.90. The van der Waals surface area contributed by atoms with E-state index in [1.54, 1.807) is 0 Å². The first kappa shape index (κ1) is 14.6. The third-order valence-electron chi connectivity index (χ3n) is 2.98. The maximum atomic E-state index is 8.90. The van der Waals surface area contributed by atoms with Crippen molar-refractivity contribution in [3.05, 3.63) is 29.8 Å². The molecule has 0 amide bonds. The van der Waals surface area contributed by atoms with Gasteiger partial charge in [-0.05, 0) is 50.8 Å². The molecular formula is C16H23NO. The van der Waals surface area contributed by atoms with Crippen molar-refractivity contribution in [1.82, 2.24) is 0 Å². The number of ether oxygens (including phenoxy) is 1. The molecule has 0 N–H and O–H groups in total. The van der Waals surface area contributed by atoms with Gasteiger partial charge in [-0.15, -0.1) is 0 Å². The molecule has 1 rings (SSSR count). The summed E-state index contributed by atoms with van der Waals surface area (Å²) in [5.74, 6) is 0.921. The van der Waals surface area contributed by atoms with Gasteiger partial charge in [-0.25, -0.2) is 0 Å². The van der Waals surface area contributed by atoms with Crippen LogP contribution < -0.4 is 4.74 Å². The smallest absolute Gasteiger partial charge is 0.119 e. The van der Waals surface area contributed by atoms with E-state index in [4.69, 9.17) is 10.00 Å². The minimum absolute atomic E-state index is 0.242. The molecule has 0 saturated heterocycles. The Hall–Kier alpha value is -1.49. The Labute approximate surface area is 111 Å². The first-order valence-electron chi connectivity index (χ1n) is 6.70. The van der Waals surface area contributed by atoms with E-state index in [-0.39, 0.29) is 5.41 Å². The van der Waals surface area contributed by atoms with Crippen LogP contribution in [0.4, 0.5) is 0 Å². The Kier molecular flexibility index (Phi) is 5.71. The van der Waals surface area contributed by atoms with Gasteiger partial charge in [0.2, 0.25) is 0 Å². The van der Waals surface area contributed by atoms with E-state index in [9.17, 15) is 0 Å². The van der Waals surface area contributed by atoms with Crippen LogP contribution in [0.25, 0.3) is 0 Å². The van der Waals surface area contributed by atoms with Crippen LogP contribution in [0, 0.1) is 16.7 Å². The molecule has 0 aliphatic heterocycles. The zero-order valence-corrected chi connectivity index (χ0v) is 11.7. The van der Waals surface area contributed by atoms with Crippen LogP contribution in [0.15, 0.2) is 24.3 Å². The summed E-state index contributed by atoms with van der Waals surface area (Å²) in [6.45, 7) is 6.79. The lowest BCUT2D eigenvalue weighted by Gasteiger charge is -2.14. The summed E-state index contributed by atoms with van der Waals surface area (Å²) in [6, 6.07) is 10.6. The van der Waals surface area contributed by atoms with Crippen LogP contribution in [0.1, 0.15) is 45.6 Å². The second-order valence-corrected chi connectivity index (χ2v) is 5.34. The molecule has 0 unspecified atom stereocenters. The van der Waals surface area contributed by atoms with E-state index >= 15 is 0 Å². The molecule has 0 spiro atoms. The Bertz CT molecular complexity index is 387. The lowest BCUT2D eigenvalue weighted by Crippen LogP contribution is -2.10. The molecule has 18 heavy (non-hydrogen) atoms. The predicted molar refractivity (Wildman–Crippen MR) is 74.6 cm³/mol. The molecule has 0 aliphatic rings. The van der Waals surface area contributed by atoms with Crippen LogP contribution in [0.3, 0.4) is 0 Å². The van der Waals surface area contributed by atoms with E-state index < -0.39 is 0 Å². The van der Waals surface area contributed by atoms with Gasteiger partial charge in [0.05, 0.1) is 18.1 Å². The molecule has 0 aromatic heterocycles. The van der Waals surface area contributed by atoms with Gasteiger partial charge < -0.3 is 4.74 Å². The molecule has 1 aromatic carbocycles. The van der Waals surface area contributed by atoms with Crippen LogP contribution in [0.2, 0.25) is 0 Å². The van der Waals surface area contributed by atoms with Crippen LogP contribution in [-0.2, 0) is 6.42 Å². The number of aryl methyl sites for hydroxylation is 1. The maximum absolute atomic E-state index is 8.90. The minimum atomic E-state index is -0.242. The Morgan fingerprint density at radius 2 is 1.89 bits per heavy atom. The van der Waals surface area contributed by atoms with Crippen molar-refractivity contribution >= 4 is 0 Å². The van der Waals surface area contributed by atoms with Gasteiger partial charge in [0.15, 0.2) is 0 Å². The number of rotatable bonds is 7. The fourth-order valence-corrected chi connectivity index (χ4v) is 1.80. The van der Waals surface area contributed by atoms with Crippen LogP contribution in [-0.4, -0.2) is 6.61 Å². The standard InChI is InChI=1S/C16H23NO/c1-4-6-14-7-9-15(10-8-14)18-12-5-11-16(2,3)13-17/h7-10H,4-6,11-12H2,1-3H3. The highest BCUT2D eigenvalue weighted by molar-refractivity contribution is 5.27. The molecule has 0 aliphatic carbocycles. The topological polar surface area (TPSA) is 33.0 Å². The van der Waals surface area contributed by atoms with Crippen molar-refractivity contribution in [1.29, 1.82) is 5.26 Å². The monoisotopic (exact) mass is 245 g/mol. The van der Waals surface area contributed by atoms with E-state index in [1.165, 1.54) is 12.0 Å². The van der Waals surface area contributed by atoms with E-state index in [2.05, 4.69) is 25.1 Å². The lowest BCUT2D eigenvalue weighted by molar-refractivity contribution is 0.284. The number of hydrogen-bond acceptors (Lipinski definition) is 2. The molecule has 0 fully saturated rings. The molecule has 0 atom stereocenters. The Balaban J connectivity index is 2.30. The number of nitrogens with zero attached hydrogens (tertiary/aromatic N) is 1. The average Bonchev–Trinajstić information content (AvgIpc) is 2.37. The highest BCUT2D eigenvalue weighted by atomic mass is 16.5. The molecule has 0 radical (unpaired) electrons. The maximum Gasteiger partial charge on any atom is 0.119 e. The zero-order chi connectivity index (χ0) is 13.4. The SMILES string of the molecule is CCCc1ccc(OCCCC(C)(C)C#N)cc1. The van der Waals surface area contributed by atoms with Gasteiger partial charge in [-0.1, -0.05) is 25.5 Å². The highest BCUT2D eigenvalue weighted by Gasteiger charge is 2.15. The molecule has 98 valence electrons. The molecule has 0 bridgehead atoms. The Morgan fingerprint density at radius 3 is 2.44 bits per heavy atom. The van der Waals surface area contributed by atoms with Crippen LogP contribution >= 0.6 is 0 Å². The van der Waals surface area contributed by atoms with Crippen molar-refractivity contribution in [2.75, 3.05) is 6.61 Å². The van der Waals surface area contributed by atoms with Gasteiger partial charge in [0.25, 0.3) is 0 Å². The summed E-state index contributed by atoms with van der Waals surface area (Å²) in [7, 11) is 0. The fraction of sp³-hybridized carbons (Fsp3) is 0.562. The number of benzene rings is 1. The van der Waals surface area contributed by atoms with E-state index in [1.807, 2.05) is 26.0 Å². The summed E-state index contributed by atoms with van der Waals surface area (Å²) >= 11 is 0. The van der Waals surface area contributed by atoms with Crippen molar-refractivity contribution in [2.45, 2.75) is 46.5 Å². The largest absolute Gasteiger partial charge is 0.494 e. The van der Waals surface area contributed by atoms with Crippen molar-refractivity contribution in [3.63, 3.8) is 0 Å². The molecular weight excluding hydrogens is 222 g/mol. The zero-order valence-electron chi connectivity index (χ0n) is 11.7. The van der Waals surface area contributed by atoms with Gasteiger partial charge in [-0.3, -0.25) is 0 Å². The Morgan fingerprint density at radius 1 is 1.22 bits per heavy atom. The molecule has 2 heteroatoms. The molecule has 0 heterocycles. The second kappa shape index (κ2) is 7.06. The van der Waals surface area contributed by atoms with Gasteiger partial charge in [0, 0.05) is 0 Å². The summed E-state index contributed by atoms with van der Waals surface area (Å²) < 4.78 is 5.67. The van der Waals surface area contributed by atoms with E-state index in [0.717, 1.165) is 25.0 Å². The summed E-state index contributed by atoms with van der Waals surface area (Å²) in [5, 5.41) is 8.90. The number of nitriles is 1. The van der Waals surface area contributed by atoms with Crippen LogP contribution in [0.5, 0.6) is 5.75 Å². The quantitative estimate of drug-likeness (QED) is 0.669. The van der Waals surface area contributed by atoms with Crippen molar-refractivity contribution in [3.8, 4) is 11.8 Å². The first-order chi connectivity index (χ1) is 8.57. The predicted octanol–water partition coefficient (Wildman–Crippen LogP) is 4.35. The minimum Gasteiger partial charge on any atom is -0.494 e. The summed E-state index contributed by atoms with van der Waals surface area (Å²) in [4.78, 5) is 0. The van der Waals surface area contributed by atoms with Gasteiger partial charge >= 0.3 is 0 Å². The average molecular weight is 245 g/mol. The van der Waals surface area contributed by atoms with Gasteiger partial charge in [0.1, 0.15) is 5.75 Å². The van der Waals surface area contributed by atoms with Crippen molar-refractivity contribution in [2.24, 2.45) is 5.41 Å². The molecule has 1 aromatic rings. The normalized spacial score (nSPS) is 11.0. The summed E-state index contributed by atoms with van der Waals surface area (Å²) in [5.41, 5.74) is 1.12. The second-order valence-electron chi connectivity index (χ2n) is 5.34. The summed E-state index contributed by atoms with van der Waals surface area (Å²) in [6.07, 6.45) is 4.08. The fourth-order valence-electron chi connectivity index (χ4n) is 1.80. The molecule has 2 nitrogen and oxygen atoms in total.